The summed E-state index contributed by atoms with van der Waals surface area (Å²) in [5, 5.41) is 4.17. The van der Waals surface area contributed by atoms with Crippen LogP contribution in [0.1, 0.15) is 13.8 Å². The lowest BCUT2D eigenvalue weighted by atomic mass is 10.2. The maximum atomic E-state index is 5.70. The average molecular weight is 245 g/mol. The molecule has 0 fully saturated rings. The molecule has 1 heterocycles. The van der Waals surface area contributed by atoms with E-state index in [1.807, 2.05) is 6.92 Å². The van der Waals surface area contributed by atoms with Gasteiger partial charge in [-0.2, -0.15) is 4.37 Å². The number of hydrogen-bond donors (Lipinski definition) is 2. The minimum atomic E-state index is 0.433. The Bertz CT molecular complexity index is 317. The zero-order valence-electron chi connectivity index (χ0n) is 9.95. The van der Waals surface area contributed by atoms with Crippen molar-refractivity contribution in [3.63, 3.8) is 0 Å². The molecule has 1 rings (SSSR count). The van der Waals surface area contributed by atoms with Gasteiger partial charge >= 0.3 is 0 Å². The van der Waals surface area contributed by atoms with Gasteiger partial charge in [-0.1, -0.05) is 6.92 Å². The van der Waals surface area contributed by atoms with Gasteiger partial charge in [0.15, 0.2) is 16.6 Å². The van der Waals surface area contributed by atoms with Gasteiger partial charge in [-0.25, -0.2) is 0 Å². The molecule has 0 saturated heterocycles. The molecule has 0 spiro atoms. The van der Waals surface area contributed by atoms with Gasteiger partial charge in [-0.15, -0.1) is 0 Å². The molecular formula is C10H19N3O2S. The number of nitrogens with one attached hydrogen (secondary N) is 1. The highest BCUT2D eigenvalue weighted by Gasteiger charge is 2.13. The van der Waals surface area contributed by atoms with Gasteiger partial charge in [-0.05, 0) is 24.4 Å². The van der Waals surface area contributed by atoms with Crippen LogP contribution in [-0.2, 0) is 4.74 Å². The molecule has 1 aromatic rings. The number of hydrogen-bond acceptors (Lipinski definition) is 6. The molecule has 5 nitrogen and oxygen atoms in total. The fourth-order valence-electron chi connectivity index (χ4n) is 1.30. The Morgan fingerprint density at radius 1 is 1.56 bits per heavy atom. The molecule has 0 radical (unpaired) electrons. The fraction of sp³-hybridized carbons (Fsp3) is 0.700. The van der Waals surface area contributed by atoms with Crippen molar-refractivity contribution in [3.8, 4) is 5.75 Å². The first-order valence-corrected chi connectivity index (χ1v) is 6.07. The molecule has 1 atom stereocenters. The van der Waals surface area contributed by atoms with Crippen LogP contribution in [0.4, 0.5) is 10.8 Å². The molecule has 0 saturated carbocycles. The Morgan fingerprint density at radius 2 is 2.31 bits per heavy atom. The highest BCUT2D eigenvalue weighted by atomic mass is 32.1. The van der Waals surface area contributed by atoms with Crippen molar-refractivity contribution in [2.45, 2.75) is 13.8 Å². The van der Waals surface area contributed by atoms with Crippen LogP contribution in [0, 0.1) is 5.92 Å². The smallest absolute Gasteiger partial charge is 0.197 e. The van der Waals surface area contributed by atoms with Gasteiger partial charge in [-0.3, -0.25) is 0 Å². The van der Waals surface area contributed by atoms with Crippen molar-refractivity contribution in [1.82, 2.24) is 4.37 Å². The first-order chi connectivity index (χ1) is 7.69. The molecule has 6 heteroatoms. The number of nitrogens with two attached hydrogens (primary N) is 1. The number of nitrogens with zero attached hydrogens (tertiary/aromatic N) is 1. The van der Waals surface area contributed by atoms with E-state index in [1.165, 1.54) is 11.5 Å². The second-order valence-corrected chi connectivity index (χ2v) is 4.37. The molecule has 0 aliphatic rings. The standard InChI is InChI=1S/C10H19N3O2S/c1-4-15-8-9(11)13-16-10(8)12-5-7(2)6-14-3/h7,12H,4-6H2,1-3H3,(H2,11,13). The van der Waals surface area contributed by atoms with Gasteiger partial charge in [0.25, 0.3) is 0 Å². The van der Waals surface area contributed by atoms with Gasteiger partial charge in [0.2, 0.25) is 0 Å². The van der Waals surface area contributed by atoms with E-state index >= 15 is 0 Å². The minimum absolute atomic E-state index is 0.433. The van der Waals surface area contributed by atoms with Gasteiger partial charge in [0.05, 0.1) is 13.2 Å². The number of nitrogen functional groups attached to an aromatic ring is 1. The number of methoxy groups -OCH3 is 1. The second kappa shape index (κ2) is 6.55. The molecule has 0 amide bonds. The Balaban J connectivity index is 2.52. The van der Waals surface area contributed by atoms with Crippen molar-refractivity contribution in [1.29, 1.82) is 0 Å². The van der Waals surface area contributed by atoms with Gasteiger partial charge in [0, 0.05) is 13.7 Å². The Morgan fingerprint density at radius 3 is 2.94 bits per heavy atom. The lowest BCUT2D eigenvalue weighted by molar-refractivity contribution is 0.164. The third-order valence-electron chi connectivity index (χ3n) is 2.03. The van der Waals surface area contributed by atoms with Crippen molar-refractivity contribution >= 4 is 22.4 Å². The molecule has 0 bridgehead atoms. The first kappa shape index (κ1) is 13.1. The molecule has 16 heavy (non-hydrogen) atoms. The van der Waals surface area contributed by atoms with Crippen molar-refractivity contribution in [2.24, 2.45) is 5.92 Å². The average Bonchev–Trinajstić information content (AvgIpc) is 2.59. The van der Waals surface area contributed by atoms with E-state index in [0.29, 0.717) is 24.1 Å². The summed E-state index contributed by atoms with van der Waals surface area (Å²) >= 11 is 1.32. The van der Waals surface area contributed by atoms with Crippen molar-refractivity contribution < 1.29 is 9.47 Å². The Labute approximate surface area is 100 Å². The van der Waals surface area contributed by atoms with Crippen LogP contribution in [0.25, 0.3) is 0 Å². The van der Waals surface area contributed by atoms with Crippen LogP contribution in [0.15, 0.2) is 0 Å². The highest BCUT2D eigenvalue weighted by Crippen LogP contribution is 2.35. The summed E-state index contributed by atoms with van der Waals surface area (Å²) in [4.78, 5) is 0. The Kier molecular flexibility index (Phi) is 5.34. The van der Waals surface area contributed by atoms with Crippen molar-refractivity contribution in [2.75, 3.05) is 37.9 Å². The van der Waals surface area contributed by atoms with E-state index in [0.717, 1.165) is 18.2 Å². The van der Waals surface area contributed by atoms with Crippen LogP contribution >= 0.6 is 11.5 Å². The SMILES string of the molecule is CCOc1c(N)nsc1NCC(C)COC. The summed E-state index contributed by atoms with van der Waals surface area (Å²) in [5.74, 6) is 1.55. The zero-order chi connectivity index (χ0) is 12.0. The van der Waals surface area contributed by atoms with Gasteiger partial charge < -0.3 is 20.5 Å². The van der Waals surface area contributed by atoms with E-state index in [1.54, 1.807) is 7.11 Å². The third kappa shape index (κ3) is 3.53. The molecule has 0 aliphatic heterocycles. The number of rotatable bonds is 7. The summed E-state index contributed by atoms with van der Waals surface area (Å²) in [6.07, 6.45) is 0. The molecular weight excluding hydrogens is 226 g/mol. The second-order valence-electron chi connectivity index (χ2n) is 3.60. The zero-order valence-corrected chi connectivity index (χ0v) is 10.8. The van der Waals surface area contributed by atoms with Crippen LogP contribution in [0.3, 0.4) is 0 Å². The lowest BCUT2D eigenvalue weighted by Crippen LogP contribution is -2.15. The molecule has 0 aromatic carbocycles. The number of aromatic nitrogens is 1. The van der Waals surface area contributed by atoms with Crippen LogP contribution in [-0.4, -0.2) is 31.2 Å². The van der Waals surface area contributed by atoms with Crippen LogP contribution in [0.5, 0.6) is 5.75 Å². The fourth-order valence-corrected chi connectivity index (χ4v) is 1.97. The van der Waals surface area contributed by atoms with E-state index in [4.69, 9.17) is 15.2 Å². The quantitative estimate of drug-likeness (QED) is 0.767. The number of ether oxygens (including phenoxy) is 2. The largest absolute Gasteiger partial charge is 0.487 e. The first-order valence-electron chi connectivity index (χ1n) is 5.29. The minimum Gasteiger partial charge on any atom is -0.487 e. The topological polar surface area (TPSA) is 69.4 Å². The maximum Gasteiger partial charge on any atom is 0.197 e. The molecule has 1 unspecified atom stereocenters. The summed E-state index contributed by atoms with van der Waals surface area (Å²) in [5.41, 5.74) is 5.70. The maximum absolute atomic E-state index is 5.70. The highest BCUT2D eigenvalue weighted by molar-refractivity contribution is 7.11. The Hall–Kier alpha value is -1.01. The molecule has 1 aromatic heterocycles. The van der Waals surface area contributed by atoms with Gasteiger partial charge in [0.1, 0.15) is 0 Å². The summed E-state index contributed by atoms with van der Waals surface area (Å²) in [6, 6.07) is 0. The van der Waals surface area contributed by atoms with E-state index in [-0.39, 0.29) is 0 Å². The predicted octanol–water partition coefficient (Wildman–Crippen LogP) is 1.82. The molecule has 92 valence electrons. The normalized spacial score (nSPS) is 12.4. The van der Waals surface area contributed by atoms with Crippen LogP contribution < -0.4 is 15.8 Å². The van der Waals surface area contributed by atoms with E-state index < -0.39 is 0 Å². The molecule has 3 N–H and O–H groups in total. The summed E-state index contributed by atoms with van der Waals surface area (Å²) in [7, 11) is 1.70. The van der Waals surface area contributed by atoms with E-state index in [2.05, 4.69) is 16.6 Å². The molecule has 0 aliphatic carbocycles. The monoisotopic (exact) mass is 245 g/mol. The summed E-state index contributed by atoms with van der Waals surface area (Å²) in [6.45, 7) is 6.17. The summed E-state index contributed by atoms with van der Waals surface area (Å²) < 4.78 is 14.6. The van der Waals surface area contributed by atoms with Crippen LogP contribution in [0.2, 0.25) is 0 Å². The van der Waals surface area contributed by atoms with Crippen molar-refractivity contribution in [3.05, 3.63) is 0 Å². The lowest BCUT2D eigenvalue weighted by Gasteiger charge is -2.12. The predicted molar refractivity (Wildman–Crippen MR) is 67.2 cm³/mol. The third-order valence-corrected chi connectivity index (χ3v) is 2.83. The van der Waals surface area contributed by atoms with E-state index in [9.17, 15) is 0 Å². The number of anilines is 2.